The molecule has 0 saturated heterocycles. The molecule has 0 fully saturated rings. The van der Waals surface area contributed by atoms with E-state index in [0.717, 1.165) is 6.08 Å². The van der Waals surface area contributed by atoms with Gasteiger partial charge in [-0.15, -0.1) is 5.47 Å². The molecule has 0 spiro atoms. The van der Waals surface area contributed by atoms with Gasteiger partial charge in [-0.25, -0.2) is 0 Å². The van der Waals surface area contributed by atoms with E-state index in [0.29, 0.717) is 6.42 Å². The fraction of sp³-hybridized carbons (Fsp3) is 0.500. The molecule has 0 saturated carbocycles. The van der Waals surface area contributed by atoms with Gasteiger partial charge in [-0.05, 0) is 12.3 Å². The van der Waals surface area contributed by atoms with Gasteiger partial charge >= 0.3 is 6.18 Å². The fourth-order valence-electron chi connectivity index (χ4n) is 1.14. The lowest BCUT2D eigenvalue weighted by Crippen LogP contribution is -2.18. The van der Waals surface area contributed by atoms with E-state index >= 15 is 0 Å². The monoisotopic (exact) mass is 172 g/mol. The Morgan fingerprint density at radius 3 is 2.50 bits per heavy atom. The first-order valence-corrected chi connectivity index (χ1v) is 3.66. The second-order valence-corrected chi connectivity index (χ2v) is 2.91. The smallest absolute Gasteiger partial charge is 0.166 e. The zero-order valence-electron chi connectivity index (χ0n) is 6.65. The van der Waals surface area contributed by atoms with Gasteiger partial charge in [0.1, 0.15) is 7.85 Å². The summed E-state index contributed by atoms with van der Waals surface area (Å²) < 4.78 is 36.5. The van der Waals surface area contributed by atoms with Crippen molar-refractivity contribution in [2.24, 2.45) is 5.92 Å². The van der Waals surface area contributed by atoms with E-state index in [1.54, 1.807) is 6.92 Å². The number of alkyl halides is 3. The molecule has 1 rings (SSSR count). The first kappa shape index (κ1) is 9.42. The van der Waals surface area contributed by atoms with Crippen molar-refractivity contribution in [3.05, 3.63) is 23.2 Å². The zero-order valence-corrected chi connectivity index (χ0v) is 6.65. The van der Waals surface area contributed by atoms with E-state index in [1.165, 1.54) is 6.08 Å². The molecule has 0 bridgehead atoms. The molecule has 0 nitrogen and oxygen atoms in total. The van der Waals surface area contributed by atoms with Gasteiger partial charge in [0, 0.05) is 5.57 Å². The number of hydrogen-bond donors (Lipinski definition) is 0. The summed E-state index contributed by atoms with van der Waals surface area (Å²) >= 11 is 0. The molecule has 64 valence electrons. The van der Waals surface area contributed by atoms with Crippen molar-refractivity contribution < 1.29 is 13.2 Å². The molecule has 4 heteroatoms. The van der Waals surface area contributed by atoms with Gasteiger partial charge in [-0.3, -0.25) is 0 Å². The van der Waals surface area contributed by atoms with E-state index in [1.807, 2.05) is 0 Å². The summed E-state index contributed by atoms with van der Waals surface area (Å²) in [6, 6.07) is 0. The molecule has 2 radical (unpaired) electrons. The SMILES string of the molecule is [B]C1=C(C(F)(F)F)C=CCC1C. The van der Waals surface area contributed by atoms with Crippen molar-refractivity contribution in [2.45, 2.75) is 19.5 Å². The molecule has 0 amide bonds. The minimum atomic E-state index is -4.31. The second kappa shape index (κ2) is 3.00. The van der Waals surface area contributed by atoms with Crippen molar-refractivity contribution >= 4 is 7.85 Å². The van der Waals surface area contributed by atoms with Crippen molar-refractivity contribution in [2.75, 3.05) is 0 Å². The van der Waals surface area contributed by atoms with Crippen LogP contribution < -0.4 is 0 Å². The maximum Gasteiger partial charge on any atom is 0.415 e. The Balaban J connectivity index is 3.02. The molecule has 1 unspecified atom stereocenters. The fourth-order valence-corrected chi connectivity index (χ4v) is 1.14. The molecule has 1 aliphatic rings. The predicted octanol–water partition coefficient (Wildman–Crippen LogP) is 2.57. The third-order valence-electron chi connectivity index (χ3n) is 1.92. The van der Waals surface area contributed by atoms with Crippen LogP contribution >= 0.6 is 0 Å². The lowest BCUT2D eigenvalue weighted by Gasteiger charge is -2.21. The van der Waals surface area contributed by atoms with Crippen LogP contribution in [0.1, 0.15) is 13.3 Å². The number of rotatable bonds is 0. The van der Waals surface area contributed by atoms with Crippen LogP contribution in [0.15, 0.2) is 23.2 Å². The molecule has 0 N–H and O–H groups in total. The lowest BCUT2D eigenvalue weighted by atomic mass is 9.76. The van der Waals surface area contributed by atoms with Crippen LogP contribution in [0.4, 0.5) is 13.2 Å². The van der Waals surface area contributed by atoms with Crippen LogP contribution in [0.25, 0.3) is 0 Å². The van der Waals surface area contributed by atoms with Crippen molar-refractivity contribution in [3.63, 3.8) is 0 Å². The summed E-state index contributed by atoms with van der Waals surface area (Å²) in [5, 5.41) is 0. The van der Waals surface area contributed by atoms with E-state index in [-0.39, 0.29) is 11.4 Å². The minimum absolute atomic E-state index is 0.0509. The Hall–Kier alpha value is -0.665. The van der Waals surface area contributed by atoms with Crippen LogP contribution in [0.3, 0.4) is 0 Å². The molecular formula is C8H8BF3. The van der Waals surface area contributed by atoms with Crippen LogP contribution in [0.5, 0.6) is 0 Å². The van der Waals surface area contributed by atoms with Crippen molar-refractivity contribution in [1.29, 1.82) is 0 Å². The highest BCUT2D eigenvalue weighted by atomic mass is 19.4. The van der Waals surface area contributed by atoms with Gasteiger partial charge in [0.2, 0.25) is 0 Å². The normalized spacial score (nSPS) is 24.8. The highest BCUT2D eigenvalue weighted by molar-refractivity contribution is 6.22. The van der Waals surface area contributed by atoms with Gasteiger partial charge in [0.25, 0.3) is 0 Å². The molecule has 12 heavy (non-hydrogen) atoms. The third-order valence-corrected chi connectivity index (χ3v) is 1.92. The largest absolute Gasteiger partial charge is 0.415 e. The second-order valence-electron chi connectivity index (χ2n) is 2.91. The first-order chi connectivity index (χ1) is 5.43. The Morgan fingerprint density at radius 1 is 1.50 bits per heavy atom. The van der Waals surface area contributed by atoms with Gasteiger partial charge in [0.05, 0.1) is 0 Å². The number of hydrogen-bond acceptors (Lipinski definition) is 0. The Bertz CT molecular complexity index is 237. The van der Waals surface area contributed by atoms with Crippen LogP contribution in [-0.2, 0) is 0 Å². The molecule has 1 atom stereocenters. The van der Waals surface area contributed by atoms with E-state index in [2.05, 4.69) is 0 Å². The van der Waals surface area contributed by atoms with Crippen LogP contribution in [0, 0.1) is 5.92 Å². The summed E-state index contributed by atoms with van der Waals surface area (Å²) in [7, 11) is 5.32. The summed E-state index contributed by atoms with van der Waals surface area (Å²) in [5.74, 6) is -0.202. The Labute approximate surface area is 70.6 Å². The van der Waals surface area contributed by atoms with E-state index in [4.69, 9.17) is 7.85 Å². The number of halogens is 3. The first-order valence-electron chi connectivity index (χ1n) is 3.66. The lowest BCUT2D eigenvalue weighted by molar-refractivity contribution is -0.0892. The van der Waals surface area contributed by atoms with Gasteiger partial charge in [-0.1, -0.05) is 19.1 Å². The Kier molecular flexibility index (Phi) is 2.35. The topological polar surface area (TPSA) is 0 Å². The molecule has 0 aromatic carbocycles. The third kappa shape index (κ3) is 1.73. The van der Waals surface area contributed by atoms with E-state index < -0.39 is 11.7 Å². The number of allylic oxidation sites excluding steroid dienone is 4. The van der Waals surface area contributed by atoms with Crippen molar-refractivity contribution in [3.8, 4) is 0 Å². The molecule has 1 aliphatic carbocycles. The average molecular weight is 172 g/mol. The van der Waals surface area contributed by atoms with Crippen LogP contribution in [-0.4, -0.2) is 14.0 Å². The maximum absolute atomic E-state index is 12.2. The van der Waals surface area contributed by atoms with Gasteiger partial charge in [-0.2, -0.15) is 13.2 Å². The maximum atomic E-state index is 12.2. The van der Waals surface area contributed by atoms with Gasteiger partial charge < -0.3 is 0 Å². The minimum Gasteiger partial charge on any atom is -0.166 e. The van der Waals surface area contributed by atoms with Crippen LogP contribution in [0.2, 0.25) is 0 Å². The highest BCUT2D eigenvalue weighted by Crippen LogP contribution is 2.34. The van der Waals surface area contributed by atoms with E-state index in [9.17, 15) is 13.2 Å². The molecular weight excluding hydrogens is 164 g/mol. The summed E-state index contributed by atoms with van der Waals surface area (Å²) in [5.41, 5.74) is -0.744. The zero-order chi connectivity index (χ0) is 9.35. The molecule has 0 aromatic rings. The molecule has 0 heterocycles. The quantitative estimate of drug-likeness (QED) is 0.492. The summed E-state index contributed by atoms with van der Waals surface area (Å²) in [4.78, 5) is 0. The Morgan fingerprint density at radius 2 is 2.08 bits per heavy atom. The summed E-state index contributed by atoms with van der Waals surface area (Å²) in [6.07, 6.45) is -1.17. The standard InChI is InChI=1S/C8H8BF3/c1-5-3-2-4-6(7(5)9)8(10,11)12/h2,4-5H,3H2,1H3. The average Bonchev–Trinajstić information content (AvgIpc) is 1.92. The predicted molar refractivity (Wildman–Crippen MR) is 41.8 cm³/mol. The summed E-state index contributed by atoms with van der Waals surface area (Å²) in [6.45, 7) is 1.69. The molecule has 0 aromatic heterocycles. The molecule has 0 aliphatic heterocycles. The highest BCUT2D eigenvalue weighted by Gasteiger charge is 2.34. The van der Waals surface area contributed by atoms with Crippen molar-refractivity contribution in [1.82, 2.24) is 0 Å². The van der Waals surface area contributed by atoms with Gasteiger partial charge in [0.15, 0.2) is 0 Å².